The Labute approximate surface area is 111 Å². The average molecular weight is 282 g/mol. The van der Waals surface area contributed by atoms with Gasteiger partial charge in [0.05, 0.1) is 5.69 Å². The molecule has 0 heterocycles. The first-order chi connectivity index (χ1) is 8.86. The maximum absolute atomic E-state index is 11.4. The first-order valence-electron chi connectivity index (χ1n) is 5.40. The highest BCUT2D eigenvalue weighted by Crippen LogP contribution is 2.10. The number of nitrogens with one attached hydrogen (secondary N) is 1. The summed E-state index contributed by atoms with van der Waals surface area (Å²) in [4.78, 5) is 10.9. The molecule has 1 aromatic rings. The van der Waals surface area contributed by atoms with Gasteiger partial charge in [0.15, 0.2) is 5.78 Å². The summed E-state index contributed by atoms with van der Waals surface area (Å²) in [5.74, 6) is -0.575. The van der Waals surface area contributed by atoms with Crippen LogP contribution in [0.3, 0.4) is 0 Å². The molecule has 0 saturated carbocycles. The van der Waals surface area contributed by atoms with E-state index in [0.29, 0.717) is 5.69 Å². The van der Waals surface area contributed by atoms with E-state index < -0.39 is 20.8 Å². The molecule has 0 atom stereocenters. The third kappa shape index (κ3) is 4.31. The first kappa shape index (κ1) is 15.1. The largest absolute Gasteiger partial charge is 0.296 e. The zero-order valence-corrected chi connectivity index (χ0v) is 11.3. The number of anilines is 1. The van der Waals surface area contributed by atoms with Gasteiger partial charge in [-0.3, -0.25) is 14.8 Å². The molecule has 0 aliphatic rings. The highest BCUT2D eigenvalue weighted by molar-refractivity contribution is 7.91. The van der Waals surface area contributed by atoms with E-state index >= 15 is 0 Å². The molecule has 0 saturated heterocycles. The highest BCUT2D eigenvalue weighted by atomic mass is 32.2. The fourth-order valence-electron chi connectivity index (χ4n) is 1.35. The SMILES string of the molecule is C/C=C(\C(=NNc1ccccc1)C(C)=O)S(=O)(=O)O. The summed E-state index contributed by atoms with van der Waals surface area (Å²) in [7, 11) is -4.49. The van der Waals surface area contributed by atoms with Crippen LogP contribution in [0.4, 0.5) is 5.69 Å². The summed E-state index contributed by atoms with van der Waals surface area (Å²) in [6.45, 7) is 2.56. The minimum absolute atomic E-state index is 0.353. The topological polar surface area (TPSA) is 95.8 Å². The molecule has 102 valence electrons. The van der Waals surface area contributed by atoms with Crippen molar-refractivity contribution in [2.45, 2.75) is 13.8 Å². The molecule has 0 radical (unpaired) electrons. The number of allylic oxidation sites excluding steroid dienone is 2. The standard InChI is InChI=1S/C12H14N2O4S/c1-3-11(19(16,17)18)12(9(2)15)14-13-10-7-5-4-6-8-10/h3-8,13H,1-2H3,(H,16,17,18)/b11-3+,14-12?. The number of benzene rings is 1. The second-order valence-electron chi connectivity index (χ2n) is 3.62. The number of carbonyl (C=O) groups is 1. The van der Waals surface area contributed by atoms with Crippen molar-refractivity contribution >= 4 is 27.3 Å². The van der Waals surface area contributed by atoms with Gasteiger partial charge in [0.25, 0.3) is 10.1 Å². The van der Waals surface area contributed by atoms with Crippen molar-refractivity contribution < 1.29 is 17.8 Å². The van der Waals surface area contributed by atoms with Crippen LogP contribution < -0.4 is 5.43 Å². The molecule has 2 N–H and O–H groups in total. The Kier molecular flexibility index (Phi) is 4.96. The van der Waals surface area contributed by atoms with Crippen molar-refractivity contribution in [3.63, 3.8) is 0 Å². The Balaban J connectivity index is 3.12. The second-order valence-corrected chi connectivity index (χ2v) is 5.01. The fraction of sp³-hybridized carbons (Fsp3) is 0.167. The fourth-order valence-corrected chi connectivity index (χ4v) is 2.08. The van der Waals surface area contributed by atoms with Gasteiger partial charge < -0.3 is 0 Å². The number of hydrazone groups is 1. The molecule has 0 unspecified atom stereocenters. The normalized spacial score (nSPS) is 13.2. The van der Waals surface area contributed by atoms with Gasteiger partial charge in [0.1, 0.15) is 10.6 Å². The molecular formula is C12H14N2O4S. The van der Waals surface area contributed by atoms with Crippen molar-refractivity contribution in [3.8, 4) is 0 Å². The van der Waals surface area contributed by atoms with Crippen molar-refractivity contribution in [2.24, 2.45) is 5.10 Å². The Morgan fingerprint density at radius 2 is 1.89 bits per heavy atom. The zero-order valence-electron chi connectivity index (χ0n) is 10.5. The molecule has 1 aromatic carbocycles. The monoisotopic (exact) mass is 282 g/mol. The van der Waals surface area contributed by atoms with Gasteiger partial charge in [0, 0.05) is 6.92 Å². The number of Topliss-reactive ketones (excluding diaryl/α,β-unsaturated/α-hetero) is 1. The molecule has 6 nitrogen and oxygen atoms in total. The predicted octanol–water partition coefficient (Wildman–Crippen LogP) is 1.84. The smallest absolute Gasteiger partial charge is 0.293 e. The molecule has 0 fully saturated rings. The maximum Gasteiger partial charge on any atom is 0.296 e. The van der Waals surface area contributed by atoms with Crippen molar-refractivity contribution in [2.75, 3.05) is 5.43 Å². The number of rotatable bonds is 5. The molecule has 0 amide bonds. The van der Waals surface area contributed by atoms with E-state index in [2.05, 4.69) is 10.5 Å². The van der Waals surface area contributed by atoms with E-state index in [4.69, 9.17) is 4.55 Å². The van der Waals surface area contributed by atoms with Gasteiger partial charge in [-0.2, -0.15) is 13.5 Å². The maximum atomic E-state index is 11.4. The Morgan fingerprint density at radius 1 is 1.32 bits per heavy atom. The molecule has 7 heteroatoms. The zero-order chi connectivity index (χ0) is 14.5. The number of carbonyl (C=O) groups excluding carboxylic acids is 1. The number of hydrogen-bond donors (Lipinski definition) is 2. The molecule has 0 aliphatic heterocycles. The van der Waals surface area contributed by atoms with Crippen LogP contribution in [0.5, 0.6) is 0 Å². The van der Waals surface area contributed by atoms with Crippen LogP contribution in [0.15, 0.2) is 46.4 Å². The van der Waals surface area contributed by atoms with Crippen LogP contribution in [0.2, 0.25) is 0 Å². The minimum atomic E-state index is -4.49. The summed E-state index contributed by atoms with van der Waals surface area (Å²) < 4.78 is 31.3. The van der Waals surface area contributed by atoms with Crippen molar-refractivity contribution in [1.29, 1.82) is 0 Å². The van der Waals surface area contributed by atoms with E-state index in [1.54, 1.807) is 30.3 Å². The predicted molar refractivity (Wildman–Crippen MR) is 73.5 cm³/mol. The third-order valence-electron chi connectivity index (χ3n) is 2.18. The van der Waals surface area contributed by atoms with Crippen LogP contribution >= 0.6 is 0 Å². The number of hydrogen-bond acceptors (Lipinski definition) is 5. The molecule has 19 heavy (non-hydrogen) atoms. The van der Waals surface area contributed by atoms with E-state index in [1.165, 1.54) is 13.8 Å². The molecule has 1 rings (SSSR count). The Hall–Kier alpha value is -1.99. The Bertz CT molecular complexity index is 618. The molecule has 0 bridgehead atoms. The lowest BCUT2D eigenvalue weighted by Crippen LogP contribution is -2.21. The van der Waals surface area contributed by atoms with Crippen LogP contribution in [0.1, 0.15) is 13.8 Å². The molecule has 0 spiro atoms. The van der Waals surface area contributed by atoms with Crippen molar-refractivity contribution in [1.82, 2.24) is 0 Å². The van der Waals surface area contributed by atoms with Gasteiger partial charge >= 0.3 is 0 Å². The summed E-state index contributed by atoms with van der Waals surface area (Å²) in [6.07, 6.45) is 1.11. The molecular weight excluding hydrogens is 268 g/mol. The van der Waals surface area contributed by atoms with Crippen LogP contribution in [-0.4, -0.2) is 24.5 Å². The van der Waals surface area contributed by atoms with Gasteiger partial charge in [-0.1, -0.05) is 24.3 Å². The number of ketones is 1. The third-order valence-corrected chi connectivity index (χ3v) is 3.16. The summed E-state index contributed by atoms with van der Waals surface area (Å²) >= 11 is 0. The van der Waals surface area contributed by atoms with Crippen molar-refractivity contribution in [3.05, 3.63) is 41.3 Å². The summed E-state index contributed by atoms with van der Waals surface area (Å²) in [6, 6.07) is 8.71. The average Bonchev–Trinajstić information content (AvgIpc) is 2.33. The van der Waals surface area contributed by atoms with E-state index in [9.17, 15) is 13.2 Å². The molecule has 0 aromatic heterocycles. The number of nitrogens with zero attached hydrogens (tertiary/aromatic N) is 1. The number of para-hydroxylation sites is 1. The van der Waals surface area contributed by atoms with Crippen LogP contribution in [-0.2, 0) is 14.9 Å². The highest BCUT2D eigenvalue weighted by Gasteiger charge is 2.23. The van der Waals surface area contributed by atoms with Gasteiger partial charge in [-0.15, -0.1) is 0 Å². The lowest BCUT2D eigenvalue weighted by Gasteiger charge is -2.06. The van der Waals surface area contributed by atoms with Gasteiger partial charge in [-0.25, -0.2) is 0 Å². The van der Waals surface area contributed by atoms with Gasteiger partial charge in [-0.05, 0) is 19.1 Å². The van der Waals surface area contributed by atoms with E-state index in [0.717, 1.165) is 6.08 Å². The quantitative estimate of drug-likeness (QED) is 0.488. The van der Waals surface area contributed by atoms with Crippen LogP contribution in [0, 0.1) is 0 Å². The van der Waals surface area contributed by atoms with E-state index in [1.807, 2.05) is 0 Å². The molecule has 0 aliphatic carbocycles. The minimum Gasteiger partial charge on any atom is -0.293 e. The lowest BCUT2D eigenvalue weighted by atomic mass is 10.2. The van der Waals surface area contributed by atoms with E-state index in [-0.39, 0.29) is 5.71 Å². The summed E-state index contributed by atoms with van der Waals surface area (Å²) in [5, 5.41) is 3.74. The summed E-state index contributed by atoms with van der Waals surface area (Å²) in [5.41, 5.74) is 2.80. The van der Waals surface area contributed by atoms with Crippen LogP contribution in [0.25, 0.3) is 0 Å². The first-order valence-corrected chi connectivity index (χ1v) is 6.84. The Morgan fingerprint density at radius 3 is 2.32 bits per heavy atom. The van der Waals surface area contributed by atoms with Gasteiger partial charge in [0.2, 0.25) is 0 Å². The second kappa shape index (κ2) is 6.26. The lowest BCUT2D eigenvalue weighted by molar-refractivity contribution is -0.111.